The highest BCUT2D eigenvalue weighted by Gasteiger charge is 2.14. The summed E-state index contributed by atoms with van der Waals surface area (Å²) in [6.45, 7) is 6.20. The molecule has 0 aliphatic heterocycles. The van der Waals surface area contributed by atoms with E-state index in [2.05, 4.69) is 13.0 Å². The van der Waals surface area contributed by atoms with Crippen molar-refractivity contribution in [3.63, 3.8) is 0 Å². The van der Waals surface area contributed by atoms with E-state index >= 15 is 0 Å². The first kappa shape index (κ1) is 17.7. The summed E-state index contributed by atoms with van der Waals surface area (Å²) in [5, 5.41) is 0. The minimum Gasteiger partial charge on any atom is -0.459 e. The maximum absolute atomic E-state index is 12.2. The van der Waals surface area contributed by atoms with E-state index in [0.29, 0.717) is 0 Å². The van der Waals surface area contributed by atoms with Crippen LogP contribution in [0.4, 0.5) is 0 Å². The molecule has 1 aromatic rings. The van der Waals surface area contributed by atoms with Crippen molar-refractivity contribution >= 4 is 5.97 Å². The lowest BCUT2D eigenvalue weighted by atomic mass is 10.0. The number of rotatable bonds is 10. The largest absolute Gasteiger partial charge is 0.459 e. The van der Waals surface area contributed by atoms with Crippen molar-refractivity contribution < 1.29 is 9.53 Å². The molecule has 1 aromatic carbocycles. The van der Waals surface area contributed by atoms with E-state index in [4.69, 9.17) is 4.74 Å². The van der Waals surface area contributed by atoms with Gasteiger partial charge in [0.05, 0.1) is 11.7 Å². The van der Waals surface area contributed by atoms with Crippen LogP contribution in [0.25, 0.3) is 0 Å². The third kappa shape index (κ3) is 6.79. The summed E-state index contributed by atoms with van der Waals surface area (Å²) < 4.78 is 5.45. The zero-order chi connectivity index (χ0) is 15.5. The summed E-state index contributed by atoms with van der Waals surface area (Å²) in [5.74, 6) is -0.175. The second kappa shape index (κ2) is 10.4. The monoisotopic (exact) mass is 290 g/mol. The molecule has 0 saturated heterocycles. The molecular formula is C19H30O2. The highest BCUT2D eigenvalue weighted by molar-refractivity contribution is 5.91. The lowest BCUT2D eigenvalue weighted by Crippen LogP contribution is -2.15. The van der Waals surface area contributed by atoms with Crippen LogP contribution in [-0.2, 0) is 11.2 Å². The Morgan fingerprint density at radius 2 is 1.71 bits per heavy atom. The second-order valence-electron chi connectivity index (χ2n) is 5.80. The summed E-state index contributed by atoms with van der Waals surface area (Å²) in [6, 6.07) is 7.86. The maximum Gasteiger partial charge on any atom is 0.338 e. The predicted octanol–water partition coefficient (Wildman–Crippen LogP) is 5.54. The molecule has 1 atom stereocenters. The molecular weight excluding hydrogens is 260 g/mol. The summed E-state index contributed by atoms with van der Waals surface area (Å²) in [7, 11) is 0. The van der Waals surface area contributed by atoms with Crippen LogP contribution in [0.15, 0.2) is 24.3 Å². The topological polar surface area (TPSA) is 26.3 Å². The molecule has 0 amide bonds. The normalized spacial score (nSPS) is 12.1. The smallest absolute Gasteiger partial charge is 0.338 e. The summed E-state index contributed by atoms with van der Waals surface area (Å²) in [6.07, 6.45) is 9.44. The van der Waals surface area contributed by atoms with Gasteiger partial charge in [0, 0.05) is 0 Å². The minimum absolute atomic E-state index is 0.0143. The van der Waals surface area contributed by atoms with Gasteiger partial charge < -0.3 is 4.74 Å². The number of ether oxygens (including phenoxy) is 1. The third-order valence-electron chi connectivity index (χ3n) is 3.92. The number of benzene rings is 1. The highest BCUT2D eigenvalue weighted by Crippen LogP contribution is 2.16. The zero-order valence-corrected chi connectivity index (χ0v) is 13.9. The van der Waals surface area contributed by atoms with Crippen molar-refractivity contribution in [2.45, 2.75) is 78.2 Å². The van der Waals surface area contributed by atoms with E-state index in [0.717, 1.165) is 30.4 Å². The van der Waals surface area contributed by atoms with Gasteiger partial charge >= 0.3 is 5.97 Å². The molecule has 0 fully saturated rings. The van der Waals surface area contributed by atoms with E-state index in [-0.39, 0.29) is 12.1 Å². The van der Waals surface area contributed by atoms with Gasteiger partial charge in [0.15, 0.2) is 0 Å². The van der Waals surface area contributed by atoms with Gasteiger partial charge in [-0.25, -0.2) is 4.79 Å². The van der Waals surface area contributed by atoms with E-state index < -0.39 is 0 Å². The molecule has 0 aliphatic rings. The SMILES string of the molecule is CCCCCCCCc1ccccc1C(=O)OC(C)CC. The number of carbonyl (C=O) groups is 1. The Balaban J connectivity index is 2.49. The van der Waals surface area contributed by atoms with Crippen molar-refractivity contribution in [2.24, 2.45) is 0 Å². The Morgan fingerprint density at radius 1 is 1.05 bits per heavy atom. The predicted molar refractivity (Wildman–Crippen MR) is 88.7 cm³/mol. The van der Waals surface area contributed by atoms with E-state index in [1.165, 1.54) is 32.1 Å². The quantitative estimate of drug-likeness (QED) is 0.417. The van der Waals surface area contributed by atoms with Gasteiger partial charge in [0.1, 0.15) is 0 Å². The number of aryl methyl sites for hydroxylation is 1. The molecule has 0 aromatic heterocycles. The van der Waals surface area contributed by atoms with Crippen molar-refractivity contribution in [3.8, 4) is 0 Å². The van der Waals surface area contributed by atoms with Gasteiger partial charge in [-0.2, -0.15) is 0 Å². The number of carbonyl (C=O) groups excluding carboxylic acids is 1. The minimum atomic E-state index is -0.175. The molecule has 0 heterocycles. The van der Waals surface area contributed by atoms with Gasteiger partial charge in [0.25, 0.3) is 0 Å². The molecule has 0 radical (unpaired) electrons. The zero-order valence-electron chi connectivity index (χ0n) is 13.9. The van der Waals surface area contributed by atoms with Crippen molar-refractivity contribution in [3.05, 3.63) is 35.4 Å². The van der Waals surface area contributed by atoms with Gasteiger partial charge in [-0.3, -0.25) is 0 Å². The number of unbranched alkanes of at least 4 members (excludes halogenated alkanes) is 5. The standard InChI is InChI=1S/C19H30O2/c1-4-6-7-8-9-10-13-17-14-11-12-15-18(17)19(20)21-16(3)5-2/h11-12,14-16H,4-10,13H2,1-3H3. The number of hydrogen-bond donors (Lipinski definition) is 0. The summed E-state index contributed by atoms with van der Waals surface area (Å²) in [4.78, 5) is 12.2. The average molecular weight is 290 g/mol. The molecule has 118 valence electrons. The first-order chi connectivity index (χ1) is 10.2. The van der Waals surface area contributed by atoms with E-state index in [9.17, 15) is 4.79 Å². The maximum atomic E-state index is 12.2. The molecule has 0 spiro atoms. The molecule has 0 aliphatic carbocycles. The lowest BCUT2D eigenvalue weighted by Gasteiger charge is -2.13. The van der Waals surface area contributed by atoms with Crippen molar-refractivity contribution in [1.82, 2.24) is 0 Å². The van der Waals surface area contributed by atoms with Crippen LogP contribution in [0.5, 0.6) is 0 Å². The molecule has 0 N–H and O–H groups in total. The van der Waals surface area contributed by atoms with Gasteiger partial charge in [-0.1, -0.05) is 64.2 Å². The average Bonchev–Trinajstić information content (AvgIpc) is 2.51. The van der Waals surface area contributed by atoms with Crippen LogP contribution >= 0.6 is 0 Å². The molecule has 2 nitrogen and oxygen atoms in total. The molecule has 0 bridgehead atoms. The summed E-state index contributed by atoms with van der Waals surface area (Å²) in [5.41, 5.74) is 1.87. The van der Waals surface area contributed by atoms with Gasteiger partial charge in [-0.05, 0) is 37.8 Å². The fraction of sp³-hybridized carbons (Fsp3) is 0.632. The van der Waals surface area contributed by atoms with Crippen molar-refractivity contribution in [1.29, 1.82) is 0 Å². The fourth-order valence-corrected chi connectivity index (χ4v) is 2.36. The van der Waals surface area contributed by atoms with E-state index in [1.807, 2.05) is 32.0 Å². The van der Waals surface area contributed by atoms with Crippen LogP contribution in [0.1, 0.15) is 81.6 Å². The number of hydrogen-bond acceptors (Lipinski definition) is 2. The molecule has 2 heteroatoms. The molecule has 21 heavy (non-hydrogen) atoms. The van der Waals surface area contributed by atoms with E-state index in [1.54, 1.807) is 0 Å². The Hall–Kier alpha value is -1.31. The first-order valence-corrected chi connectivity index (χ1v) is 8.47. The summed E-state index contributed by atoms with van der Waals surface area (Å²) >= 11 is 0. The van der Waals surface area contributed by atoms with Crippen LogP contribution in [0.2, 0.25) is 0 Å². The van der Waals surface area contributed by atoms with Crippen molar-refractivity contribution in [2.75, 3.05) is 0 Å². The fourth-order valence-electron chi connectivity index (χ4n) is 2.36. The third-order valence-corrected chi connectivity index (χ3v) is 3.92. The highest BCUT2D eigenvalue weighted by atomic mass is 16.5. The van der Waals surface area contributed by atoms with Gasteiger partial charge in [-0.15, -0.1) is 0 Å². The Bertz CT molecular complexity index is 412. The van der Waals surface area contributed by atoms with Crippen LogP contribution < -0.4 is 0 Å². The van der Waals surface area contributed by atoms with Crippen LogP contribution in [0, 0.1) is 0 Å². The second-order valence-corrected chi connectivity index (χ2v) is 5.80. The lowest BCUT2D eigenvalue weighted by molar-refractivity contribution is 0.0333. The van der Waals surface area contributed by atoms with Gasteiger partial charge in [0.2, 0.25) is 0 Å². The molecule has 1 rings (SSSR count). The van der Waals surface area contributed by atoms with Crippen LogP contribution in [-0.4, -0.2) is 12.1 Å². The Kier molecular flexibility index (Phi) is 8.80. The Morgan fingerprint density at radius 3 is 2.43 bits per heavy atom. The number of esters is 1. The molecule has 1 unspecified atom stereocenters. The first-order valence-electron chi connectivity index (χ1n) is 8.47. The Labute approximate surface area is 129 Å². The van der Waals surface area contributed by atoms with Crippen LogP contribution in [0.3, 0.4) is 0 Å². The molecule has 0 saturated carbocycles.